The first kappa shape index (κ1) is 15.3. The molecule has 1 aliphatic rings. The number of carboxylic acid groups (broad SMARTS) is 1. The number of piperidine rings is 1. The number of nitrogens with zero attached hydrogens (tertiary/aromatic N) is 1. The molecule has 2 heterocycles. The highest BCUT2D eigenvalue weighted by atomic mass is 16.4. The maximum absolute atomic E-state index is 12.5. The van der Waals surface area contributed by atoms with Crippen LogP contribution in [0.1, 0.15) is 24.8 Å². The number of amides is 1. The molecule has 0 radical (unpaired) electrons. The van der Waals surface area contributed by atoms with Crippen molar-refractivity contribution < 1.29 is 14.7 Å². The van der Waals surface area contributed by atoms with Crippen LogP contribution in [-0.2, 0) is 16.0 Å². The van der Waals surface area contributed by atoms with Gasteiger partial charge < -0.3 is 15.0 Å². The number of carbonyl (C=O) groups is 2. The number of aromatic amines is 1. The second-order valence-electron chi connectivity index (χ2n) is 5.82. The second kappa shape index (κ2) is 6.24. The Morgan fingerprint density at radius 3 is 2.83 bits per heavy atom. The van der Waals surface area contributed by atoms with Gasteiger partial charge in [-0.3, -0.25) is 9.59 Å². The lowest BCUT2D eigenvalue weighted by molar-refractivity contribution is -0.151. The normalized spacial score (nSPS) is 18.1. The maximum atomic E-state index is 12.5. The Labute approximate surface area is 132 Å². The molecule has 1 saturated heterocycles. The first-order chi connectivity index (χ1) is 11.1. The Morgan fingerprint density at radius 1 is 1.26 bits per heavy atom. The van der Waals surface area contributed by atoms with E-state index in [1.54, 1.807) is 12.1 Å². The molecule has 0 spiro atoms. The van der Waals surface area contributed by atoms with Crippen molar-refractivity contribution in [2.24, 2.45) is 0 Å². The van der Waals surface area contributed by atoms with Crippen LogP contribution in [0.4, 0.5) is 0 Å². The van der Waals surface area contributed by atoms with E-state index < -0.39 is 12.0 Å². The molecule has 1 fully saturated rings. The summed E-state index contributed by atoms with van der Waals surface area (Å²) in [5, 5.41) is 10.1. The first-order valence-corrected chi connectivity index (χ1v) is 7.69. The summed E-state index contributed by atoms with van der Waals surface area (Å²) in [6.45, 7) is 0.432. The minimum Gasteiger partial charge on any atom is -0.480 e. The fraction of sp³-hybridized carbons (Fsp3) is 0.353. The average Bonchev–Trinajstić information content (AvgIpc) is 2.55. The highest BCUT2D eigenvalue weighted by molar-refractivity contribution is 5.86. The predicted octanol–water partition coefficient (Wildman–Crippen LogP) is 1.54. The quantitative estimate of drug-likeness (QED) is 0.899. The number of pyridine rings is 1. The molecule has 0 bridgehead atoms. The summed E-state index contributed by atoms with van der Waals surface area (Å²) in [5.41, 5.74) is 0.777. The Hall–Kier alpha value is -2.63. The number of fused-ring (bicyclic) bond motifs is 1. The Bertz CT molecular complexity index is 812. The van der Waals surface area contributed by atoms with Crippen molar-refractivity contribution in [3.05, 3.63) is 46.2 Å². The number of hydrogen-bond donors (Lipinski definition) is 2. The van der Waals surface area contributed by atoms with Gasteiger partial charge in [-0.1, -0.05) is 18.2 Å². The number of benzene rings is 1. The lowest BCUT2D eigenvalue weighted by Gasteiger charge is -2.33. The van der Waals surface area contributed by atoms with Crippen molar-refractivity contribution in [2.75, 3.05) is 6.54 Å². The molecule has 23 heavy (non-hydrogen) atoms. The Balaban J connectivity index is 1.86. The number of rotatable bonds is 3. The molecule has 1 aromatic heterocycles. The number of nitrogens with one attached hydrogen (secondary N) is 1. The minimum atomic E-state index is -0.981. The van der Waals surface area contributed by atoms with Crippen molar-refractivity contribution in [1.82, 2.24) is 9.88 Å². The van der Waals surface area contributed by atoms with Crippen LogP contribution < -0.4 is 5.56 Å². The molecule has 6 heteroatoms. The zero-order valence-corrected chi connectivity index (χ0v) is 12.6. The van der Waals surface area contributed by atoms with Gasteiger partial charge in [0.25, 0.3) is 5.56 Å². The molecule has 1 aliphatic heterocycles. The van der Waals surface area contributed by atoms with Gasteiger partial charge in [0.1, 0.15) is 6.04 Å². The first-order valence-electron chi connectivity index (χ1n) is 7.69. The number of carboxylic acids is 1. The molecule has 120 valence electrons. The lowest BCUT2D eigenvalue weighted by atomic mass is 10.0. The van der Waals surface area contributed by atoms with E-state index in [1.165, 1.54) is 4.90 Å². The molecular formula is C17H18N2O4. The van der Waals surface area contributed by atoms with E-state index in [2.05, 4.69) is 4.98 Å². The van der Waals surface area contributed by atoms with E-state index in [9.17, 15) is 19.5 Å². The van der Waals surface area contributed by atoms with Gasteiger partial charge in [-0.2, -0.15) is 0 Å². The number of carbonyl (C=O) groups excluding carboxylic acids is 1. The van der Waals surface area contributed by atoms with Gasteiger partial charge in [0, 0.05) is 17.6 Å². The van der Waals surface area contributed by atoms with Crippen molar-refractivity contribution in [1.29, 1.82) is 0 Å². The van der Waals surface area contributed by atoms with Crippen LogP contribution in [0.25, 0.3) is 10.9 Å². The van der Waals surface area contributed by atoms with Crippen LogP contribution in [0.3, 0.4) is 0 Å². The summed E-state index contributed by atoms with van der Waals surface area (Å²) in [6.07, 6.45) is 1.99. The molecule has 1 atom stereocenters. The van der Waals surface area contributed by atoms with Crippen molar-refractivity contribution in [3.63, 3.8) is 0 Å². The maximum Gasteiger partial charge on any atom is 0.326 e. The molecule has 1 aromatic carbocycles. The van der Waals surface area contributed by atoms with Gasteiger partial charge in [0.2, 0.25) is 5.91 Å². The van der Waals surface area contributed by atoms with Crippen LogP contribution in [0.2, 0.25) is 0 Å². The molecule has 6 nitrogen and oxygen atoms in total. The summed E-state index contributed by atoms with van der Waals surface area (Å²) >= 11 is 0. The molecule has 1 unspecified atom stereocenters. The van der Waals surface area contributed by atoms with Gasteiger partial charge >= 0.3 is 5.97 Å². The third kappa shape index (κ3) is 3.11. The fourth-order valence-electron chi connectivity index (χ4n) is 3.08. The highest BCUT2D eigenvalue weighted by Gasteiger charge is 2.31. The van der Waals surface area contributed by atoms with E-state index in [0.717, 1.165) is 23.7 Å². The average molecular weight is 314 g/mol. The third-order valence-electron chi connectivity index (χ3n) is 4.28. The number of para-hydroxylation sites is 1. The standard InChI is InChI=1S/C17H18N2O4/c20-15(19-8-4-3-7-14(19)17(22)23)10-12-9-11-5-1-2-6-13(11)18-16(12)21/h1-2,5-6,9,14H,3-4,7-8,10H2,(H,18,21)(H,22,23). The molecule has 2 aromatic rings. The van der Waals surface area contributed by atoms with Gasteiger partial charge in [0.05, 0.1) is 6.42 Å². The monoisotopic (exact) mass is 314 g/mol. The molecule has 0 saturated carbocycles. The molecule has 0 aliphatic carbocycles. The summed E-state index contributed by atoms with van der Waals surface area (Å²) in [7, 11) is 0. The van der Waals surface area contributed by atoms with Crippen molar-refractivity contribution >= 4 is 22.8 Å². The predicted molar refractivity (Wildman–Crippen MR) is 85.3 cm³/mol. The smallest absolute Gasteiger partial charge is 0.326 e. The SMILES string of the molecule is O=C(O)C1CCCCN1C(=O)Cc1cc2ccccc2[nH]c1=O. The zero-order chi connectivity index (χ0) is 16.4. The largest absolute Gasteiger partial charge is 0.480 e. The van der Waals surface area contributed by atoms with E-state index in [-0.39, 0.29) is 17.9 Å². The van der Waals surface area contributed by atoms with Crippen LogP contribution in [0, 0.1) is 0 Å². The molecule has 3 rings (SSSR count). The van der Waals surface area contributed by atoms with Crippen LogP contribution in [0.5, 0.6) is 0 Å². The van der Waals surface area contributed by atoms with E-state index in [4.69, 9.17) is 0 Å². The summed E-state index contributed by atoms with van der Waals surface area (Å²) in [4.78, 5) is 40.1. The topological polar surface area (TPSA) is 90.5 Å². The summed E-state index contributed by atoms with van der Waals surface area (Å²) < 4.78 is 0. The van der Waals surface area contributed by atoms with Crippen LogP contribution in [-0.4, -0.2) is 39.5 Å². The number of hydrogen-bond acceptors (Lipinski definition) is 3. The van der Waals surface area contributed by atoms with Gasteiger partial charge in [0.15, 0.2) is 0 Å². The fourth-order valence-corrected chi connectivity index (χ4v) is 3.08. The van der Waals surface area contributed by atoms with Gasteiger partial charge in [-0.25, -0.2) is 4.79 Å². The number of aliphatic carboxylic acids is 1. The van der Waals surface area contributed by atoms with E-state index in [1.807, 2.05) is 18.2 Å². The Kier molecular flexibility index (Phi) is 4.14. The minimum absolute atomic E-state index is 0.0794. The lowest BCUT2D eigenvalue weighted by Crippen LogP contribution is -2.48. The summed E-state index contributed by atoms with van der Waals surface area (Å²) in [6, 6.07) is 8.26. The van der Waals surface area contributed by atoms with Crippen molar-refractivity contribution in [3.8, 4) is 0 Å². The zero-order valence-electron chi connectivity index (χ0n) is 12.6. The summed E-state index contributed by atoms with van der Waals surface area (Å²) in [5.74, 6) is -1.29. The van der Waals surface area contributed by atoms with Crippen molar-refractivity contribution in [2.45, 2.75) is 31.7 Å². The number of H-pyrrole nitrogens is 1. The highest BCUT2D eigenvalue weighted by Crippen LogP contribution is 2.19. The van der Waals surface area contributed by atoms with Crippen LogP contribution >= 0.6 is 0 Å². The van der Waals surface area contributed by atoms with E-state index in [0.29, 0.717) is 18.5 Å². The number of likely N-dealkylation sites (tertiary alicyclic amines) is 1. The van der Waals surface area contributed by atoms with Gasteiger partial charge in [-0.05, 0) is 36.8 Å². The third-order valence-corrected chi connectivity index (χ3v) is 4.28. The molecule has 1 amide bonds. The Morgan fingerprint density at radius 2 is 2.04 bits per heavy atom. The van der Waals surface area contributed by atoms with Crippen LogP contribution in [0.15, 0.2) is 35.1 Å². The second-order valence-corrected chi connectivity index (χ2v) is 5.82. The van der Waals surface area contributed by atoms with E-state index >= 15 is 0 Å². The van der Waals surface area contributed by atoms with Gasteiger partial charge in [-0.15, -0.1) is 0 Å². The molecular weight excluding hydrogens is 296 g/mol. The molecule has 2 N–H and O–H groups in total. The number of aromatic nitrogens is 1.